The van der Waals surface area contributed by atoms with E-state index in [0.717, 1.165) is 29.5 Å². The molecule has 0 unspecified atom stereocenters. The lowest BCUT2D eigenvalue weighted by Crippen LogP contribution is -2.16. The third kappa shape index (κ3) is 3.91. The van der Waals surface area contributed by atoms with Gasteiger partial charge in [0.25, 0.3) is 0 Å². The molecule has 2 rings (SSSR count). The molecular weight excluding hydrogens is 301 g/mol. The van der Waals surface area contributed by atoms with Gasteiger partial charge < -0.3 is 5.32 Å². The molecule has 2 aromatic rings. The van der Waals surface area contributed by atoms with Crippen LogP contribution in [-0.2, 0) is 13.0 Å². The Labute approximate surface area is 113 Å². The predicted molar refractivity (Wildman–Crippen MR) is 73.8 cm³/mol. The fourth-order valence-corrected chi connectivity index (χ4v) is 3.00. The van der Waals surface area contributed by atoms with Gasteiger partial charge in [0.1, 0.15) is 5.82 Å². The highest BCUT2D eigenvalue weighted by Gasteiger charge is 2.00. The van der Waals surface area contributed by atoms with Gasteiger partial charge in [-0.25, -0.2) is 4.39 Å². The zero-order valence-corrected chi connectivity index (χ0v) is 11.7. The third-order valence-corrected chi connectivity index (χ3v) is 4.41. The summed E-state index contributed by atoms with van der Waals surface area (Å²) in [5, 5.41) is 5.45. The Balaban J connectivity index is 1.73. The van der Waals surface area contributed by atoms with Crippen LogP contribution in [0.25, 0.3) is 0 Å². The highest BCUT2D eigenvalue weighted by molar-refractivity contribution is 9.10. The van der Waals surface area contributed by atoms with Crippen LogP contribution in [0, 0.1) is 5.82 Å². The fraction of sp³-hybridized carbons (Fsp3) is 0.231. The lowest BCUT2D eigenvalue weighted by atomic mass is 10.1. The van der Waals surface area contributed by atoms with E-state index in [1.165, 1.54) is 17.0 Å². The van der Waals surface area contributed by atoms with E-state index < -0.39 is 0 Å². The summed E-state index contributed by atoms with van der Waals surface area (Å²) < 4.78 is 13.8. The van der Waals surface area contributed by atoms with Gasteiger partial charge in [-0.2, -0.15) is 0 Å². The third-order valence-electron chi connectivity index (χ3n) is 2.48. The van der Waals surface area contributed by atoms with Gasteiger partial charge in [0.15, 0.2) is 0 Å². The Kier molecular flexibility index (Phi) is 4.71. The molecule has 0 spiro atoms. The summed E-state index contributed by atoms with van der Waals surface area (Å²) in [6, 6.07) is 8.73. The molecule has 0 saturated heterocycles. The summed E-state index contributed by atoms with van der Waals surface area (Å²) in [7, 11) is 0. The largest absolute Gasteiger partial charge is 0.311 e. The molecule has 17 heavy (non-hydrogen) atoms. The van der Waals surface area contributed by atoms with Crippen LogP contribution in [0.4, 0.5) is 4.39 Å². The SMILES string of the molecule is Fc1ccc(CCNCc2sccc2Br)cc1. The monoisotopic (exact) mass is 313 g/mol. The van der Waals surface area contributed by atoms with E-state index in [1.54, 1.807) is 11.3 Å². The van der Waals surface area contributed by atoms with E-state index in [1.807, 2.05) is 12.1 Å². The lowest BCUT2D eigenvalue weighted by molar-refractivity contribution is 0.626. The quantitative estimate of drug-likeness (QED) is 0.823. The van der Waals surface area contributed by atoms with E-state index in [-0.39, 0.29) is 5.82 Å². The topological polar surface area (TPSA) is 12.0 Å². The second-order valence-corrected chi connectivity index (χ2v) is 5.60. The number of hydrogen-bond acceptors (Lipinski definition) is 2. The molecule has 90 valence electrons. The molecule has 0 aliphatic rings. The molecule has 4 heteroatoms. The van der Waals surface area contributed by atoms with Crippen LogP contribution >= 0.6 is 27.3 Å². The normalized spacial score (nSPS) is 10.7. The molecule has 1 nitrogen and oxygen atoms in total. The van der Waals surface area contributed by atoms with Crippen LogP contribution in [0.5, 0.6) is 0 Å². The maximum absolute atomic E-state index is 12.7. The van der Waals surface area contributed by atoms with Crippen molar-refractivity contribution >= 4 is 27.3 Å². The van der Waals surface area contributed by atoms with E-state index in [9.17, 15) is 4.39 Å². The molecule has 0 saturated carbocycles. The smallest absolute Gasteiger partial charge is 0.123 e. The van der Waals surface area contributed by atoms with Gasteiger partial charge in [-0.3, -0.25) is 0 Å². The summed E-state index contributed by atoms with van der Waals surface area (Å²) >= 11 is 5.24. The summed E-state index contributed by atoms with van der Waals surface area (Å²) in [6.45, 7) is 1.77. The zero-order valence-electron chi connectivity index (χ0n) is 9.25. The standard InChI is InChI=1S/C13H13BrFNS/c14-12-6-8-17-13(12)9-16-7-5-10-1-3-11(15)4-2-10/h1-4,6,8,16H,5,7,9H2. The Hall–Kier alpha value is -0.710. The zero-order chi connectivity index (χ0) is 12.1. The van der Waals surface area contributed by atoms with Crippen molar-refractivity contribution in [1.82, 2.24) is 5.32 Å². The summed E-state index contributed by atoms with van der Waals surface area (Å²) in [5.41, 5.74) is 1.16. The highest BCUT2D eigenvalue weighted by atomic mass is 79.9. The molecule has 0 atom stereocenters. The van der Waals surface area contributed by atoms with Crippen molar-refractivity contribution < 1.29 is 4.39 Å². The average Bonchev–Trinajstić information content (AvgIpc) is 2.73. The van der Waals surface area contributed by atoms with Crippen molar-refractivity contribution in [1.29, 1.82) is 0 Å². The van der Waals surface area contributed by atoms with Gasteiger partial charge in [0.05, 0.1) is 0 Å². The molecule has 0 aliphatic carbocycles. The minimum Gasteiger partial charge on any atom is -0.311 e. The van der Waals surface area contributed by atoms with Crippen LogP contribution in [0.3, 0.4) is 0 Å². The number of thiophene rings is 1. The van der Waals surface area contributed by atoms with Gasteiger partial charge in [-0.05, 0) is 58.0 Å². The average molecular weight is 314 g/mol. The van der Waals surface area contributed by atoms with Crippen molar-refractivity contribution in [3.63, 3.8) is 0 Å². The first-order valence-electron chi connectivity index (χ1n) is 5.43. The minimum atomic E-state index is -0.177. The Bertz CT molecular complexity index is 467. The van der Waals surface area contributed by atoms with Gasteiger partial charge in [-0.1, -0.05) is 12.1 Å². The van der Waals surface area contributed by atoms with Crippen LogP contribution in [0.15, 0.2) is 40.2 Å². The summed E-state index contributed by atoms with van der Waals surface area (Å²) in [4.78, 5) is 1.31. The Morgan fingerprint density at radius 2 is 1.94 bits per heavy atom. The Morgan fingerprint density at radius 3 is 2.59 bits per heavy atom. The maximum Gasteiger partial charge on any atom is 0.123 e. The molecule has 1 heterocycles. The fourth-order valence-electron chi connectivity index (χ4n) is 1.54. The first-order chi connectivity index (χ1) is 8.25. The van der Waals surface area contributed by atoms with Crippen LogP contribution in [0.1, 0.15) is 10.4 Å². The number of halogens is 2. The molecule has 0 amide bonds. The van der Waals surface area contributed by atoms with Gasteiger partial charge >= 0.3 is 0 Å². The van der Waals surface area contributed by atoms with Crippen LogP contribution < -0.4 is 5.32 Å². The van der Waals surface area contributed by atoms with E-state index >= 15 is 0 Å². The second-order valence-electron chi connectivity index (χ2n) is 3.74. The van der Waals surface area contributed by atoms with Gasteiger partial charge in [0, 0.05) is 15.9 Å². The molecule has 0 fully saturated rings. The van der Waals surface area contributed by atoms with E-state index in [4.69, 9.17) is 0 Å². The number of rotatable bonds is 5. The molecule has 0 aliphatic heterocycles. The van der Waals surface area contributed by atoms with Crippen molar-refractivity contribution in [2.45, 2.75) is 13.0 Å². The number of hydrogen-bond donors (Lipinski definition) is 1. The van der Waals surface area contributed by atoms with E-state index in [0.29, 0.717) is 0 Å². The lowest BCUT2D eigenvalue weighted by Gasteiger charge is -2.04. The van der Waals surface area contributed by atoms with E-state index in [2.05, 4.69) is 32.7 Å². The molecule has 1 N–H and O–H groups in total. The highest BCUT2D eigenvalue weighted by Crippen LogP contribution is 2.22. The Morgan fingerprint density at radius 1 is 1.18 bits per heavy atom. The van der Waals surface area contributed by atoms with Crippen molar-refractivity contribution in [2.75, 3.05) is 6.54 Å². The van der Waals surface area contributed by atoms with Crippen molar-refractivity contribution in [2.24, 2.45) is 0 Å². The second kappa shape index (κ2) is 6.28. The first kappa shape index (κ1) is 12.7. The molecule has 1 aromatic carbocycles. The van der Waals surface area contributed by atoms with Crippen molar-refractivity contribution in [3.05, 3.63) is 56.4 Å². The molecular formula is C13H13BrFNS. The molecule has 1 aromatic heterocycles. The summed E-state index contributed by atoms with van der Waals surface area (Å²) in [6.07, 6.45) is 0.920. The van der Waals surface area contributed by atoms with Crippen LogP contribution in [-0.4, -0.2) is 6.54 Å². The maximum atomic E-state index is 12.7. The van der Waals surface area contributed by atoms with Crippen molar-refractivity contribution in [3.8, 4) is 0 Å². The van der Waals surface area contributed by atoms with Crippen LogP contribution in [0.2, 0.25) is 0 Å². The van der Waals surface area contributed by atoms with Gasteiger partial charge in [0.2, 0.25) is 0 Å². The first-order valence-corrected chi connectivity index (χ1v) is 7.10. The number of nitrogens with one attached hydrogen (secondary N) is 1. The molecule has 0 radical (unpaired) electrons. The molecule has 0 bridgehead atoms. The van der Waals surface area contributed by atoms with Gasteiger partial charge in [-0.15, -0.1) is 11.3 Å². The minimum absolute atomic E-state index is 0.177. The predicted octanol–water partition coefficient (Wildman–Crippen LogP) is 3.98. The summed E-state index contributed by atoms with van der Waals surface area (Å²) in [5.74, 6) is -0.177. The number of benzene rings is 1.